The van der Waals surface area contributed by atoms with Crippen molar-refractivity contribution in [1.29, 1.82) is 0 Å². The van der Waals surface area contributed by atoms with Crippen molar-refractivity contribution in [1.82, 2.24) is 25.6 Å². The molecule has 0 saturated heterocycles. The molecule has 0 aliphatic carbocycles. The summed E-state index contributed by atoms with van der Waals surface area (Å²) in [5, 5.41) is 16.4. The Hall–Kier alpha value is -3.03. The fraction of sp³-hybridized carbons (Fsp3) is 0.154. The molecule has 106 valence electrons. The molecule has 1 aromatic carbocycles. The Morgan fingerprint density at radius 2 is 2.33 bits per heavy atom. The lowest BCUT2D eigenvalue weighted by molar-refractivity contribution is -0.115. The Kier molecular flexibility index (Phi) is 3.42. The Morgan fingerprint density at radius 1 is 1.43 bits per heavy atom. The van der Waals surface area contributed by atoms with E-state index in [0.717, 1.165) is 5.56 Å². The van der Waals surface area contributed by atoms with Crippen molar-refractivity contribution in [3.63, 3.8) is 0 Å². The van der Waals surface area contributed by atoms with E-state index in [9.17, 15) is 4.79 Å². The van der Waals surface area contributed by atoms with Crippen LogP contribution in [0.1, 0.15) is 11.7 Å². The minimum absolute atomic E-state index is 0.0836. The highest BCUT2D eigenvalue weighted by molar-refractivity contribution is 5.92. The largest absolute Gasteiger partial charge is 0.445 e. The molecule has 21 heavy (non-hydrogen) atoms. The molecule has 0 bridgehead atoms. The average Bonchev–Trinajstić information content (AvgIpc) is 3.11. The molecule has 0 fully saturated rings. The maximum atomic E-state index is 11.9. The average molecular weight is 284 g/mol. The van der Waals surface area contributed by atoms with Crippen LogP contribution in [0, 0.1) is 6.92 Å². The van der Waals surface area contributed by atoms with Crippen LogP contribution in [0.5, 0.6) is 0 Å². The summed E-state index contributed by atoms with van der Waals surface area (Å²) in [5.74, 6) is 1.33. The third-order valence-electron chi connectivity index (χ3n) is 2.73. The Balaban J connectivity index is 1.70. The number of anilines is 1. The number of nitrogens with one attached hydrogen (secondary N) is 2. The number of aromatic nitrogens is 5. The molecule has 0 radical (unpaired) electrons. The van der Waals surface area contributed by atoms with Crippen LogP contribution in [-0.4, -0.2) is 31.5 Å². The number of amides is 1. The summed E-state index contributed by atoms with van der Waals surface area (Å²) in [7, 11) is 0. The number of rotatable bonds is 4. The van der Waals surface area contributed by atoms with Gasteiger partial charge < -0.3 is 9.73 Å². The van der Waals surface area contributed by atoms with Crippen molar-refractivity contribution in [3.8, 4) is 11.4 Å². The summed E-state index contributed by atoms with van der Waals surface area (Å²) in [6.07, 6.45) is 1.67. The van der Waals surface area contributed by atoms with Crippen molar-refractivity contribution in [2.75, 3.05) is 5.32 Å². The number of tetrazole rings is 1. The van der Waals surface area contributed by atoms with E-state index < -0.39 is 0 Å². The molecule has 1 amide bonds. The number of carbonyl (C=O) groups excluding carboxylic acids is 1. The van der Waals surface area contributed by atoms with Gasteiger partial charge in [0.1, 0.15) is 12.2 Å². The minimum Gasteiger partial charge on any atom is -0.445 e. The number of oxazole rings is 1. The molecule has 2 N–H and O–H groups in total. The molecule has 0 aliphatic rings. The van der Waals surface area contributed by atoms with Crippen LogP contribution in [0.4, 0.5) is 5.69 Å². The van der Waals surface area contributed by atoms with E-state index >= 15 is 0 Å². The number of benzene rings is 1. The maximum Gasteiger partial charge on any atom is 0.233 e. The predicted molar refractivity (Wildman–Crippen MR) is 73.2 cm³/mol. The zero-order valence-corrected chi connectivity index (χ0v) is 11.2. The number of aromatic amines is 1. The molecule has 0 aliphatic heterocycles. The number of hydrogen-bond acceptors (Lipinski definition) is 6. The van der Waals surface area contributed by atoms with E-state index in [0.29, 0.717) is 23.2 Å². The second-order valence-corrected chi connectivity index (χ2v) is 4.41. The van der Waals surface area contributed by atoms with E-state index in [-0.39, 0.29) is 12.3 Å². The zero-order chi connectivity index (χ0) is 14.7. The predicted octanol–water partition coefficient (Wildman–Crippen LogP) is 1.34. The monoisotopic (exact) mass is 284 g/mol. The summed E-state index contributed by atoms with van der Waals surface area (Å²) >= 11 is 0. The third kappa shape index (κ3) is 3.11. The first-order chi connectivity index (χ1) is 10.2. The highest BCUT2D eigenvalue weighted by Gasteiger charge is 2.10. The number of hydrogen-bond donors (Lipinski definition) is 2. The summed E-state index contributed by atoms with van der Waals surface area (Å²) in [6, 6.07) is 7.18. The normalized spacial score (nSPS) is 10.5. The lowest BCUT2D eigenvalue weighted by Gasteiger charge is -2.04. The first-order valence-electron chi connectivity index (χ1n) is 6.26. The van der Waals surface area contributed by atoms with Crippen LogP contribution in [-0.2, 0) is 11.2 Å². The van der Waals surface area contributed by atoms with Gasteiger partial charge in [0.05, 0.1) is 6.20 Å². The molecule has 8 nitrogen and oxygen atoms in total. The molecule has 0 atom stereocenters. The number of nitrogens with zero attached hydrogens (tertiary/aromatic N) is 4. The van der Waals surface area contributed by atoms with Gasteiger partial charge in [0.2, 0.25) is 17.6 Å². The van der Waals surface area contributed by atoms with Crippen molar-refractivity contribution < 1.29 is 9.21 Å². The Labute approximate surface area is 119 Å². The van der Waals surface area contributed by atoms with E-state index in [1.807, 2.05) is 6.07 Å². The molecule has 0 saturated carbocycles. The van der Waals surface area contributed by atoms with E-state index in [1.54, 1.807) is 31.3 Å². The van der Waals surface area contributed by atoms with Gasteiger partial charge in [-0.1, -0.05) is 12.1 Å². The fourth-order valence-electron chi connectivity index (χ4n) is 1.85. The Morgan fingerprint density at radius 3 is 3.05 bits per heavy atom. The summed E-state index contributed by atoms with van der Waals surface area (Å²) < 4.78 is 5.27. The highest BCUT2D eigenvalue weighted by Crippen LogP contribution is 2.18. The van der Waals surface area contributed by atoms with Crippen LogP contribution in [0.2, 0.25) is 0 Å². The zero-order valence-electron chi connectivity index (χ0n) is 11.2. The van der Waals surface area contributed by atoms with Gasteiger partial charge in [-0.25, -0.2) is 4.98 Å². The van der Waals surface area contributed by atoms with Gasteiger partial charge in [-0.05, 0) is 24.3 Å². The first-order valence-corrected chi connectivity index (χ1v) is 6.26. The lowest BCUT2D eigenvalue weighted by atomic mass is 10.2. The molecule has 3 rings (SSSR count). The van der Waals surface area contributed by atoms with E-state index in [4.69, 9.17) is 4.42 Å². The molecule has 2 aromatic heterocycles. The van der Waals surface area contributed by atoms with E-state index in [2.05, 4.69) is 30.9 Å². The van der Waals surface area contributed by atoms with Gasteiger partial charge in [0.15, 0.2) is 0 Å². The Bertz CT molecular complexity index is 750. The molecule has 8 heteroatoms. The van der Waals surface area contributed by atoms with Gasteiger partial charge >= 0.3 is 0 Å². The summed E-state index contributed by atoms with van der Waals surface area (Å²) in [6.45, 7) is 1.78. The van der Waals surface area contributed by atoms with Crippen LogP contribution in [0.25, 0.3) is 11.4 Å². The van der Waals surface area contributed by atoms with Crippen molar-refractivity contribution in [2.45, 2.75) is 13.3 Å². The molecular weight excluding hydrogens is 272 g/mol. The molecule has 0 spiro atoms. The highest BCUT2D eigenvalue weighted by atomic mass is 16.4. The third-order valence-corrected chi connectivity index (χ3v) is 2.73. The number of carbonyl (C=O) groups is 1. The standard InChI is InChI=1S/C13H12N6O2/c1-8-7-14-12(21-8)6-11(20)15-10-4-2-3-9(5-10)13-16-18-19-17-13/h2-5,7H,6H2,1H3,(H,15,20)(H,16,17,18,19). The molecule has 2 heterocycles. The second-order valence-electron chi connectivity index (χ2n) is 4.41. The number of H-pyrrole nitrogens is 1. The molecule has 3 aromatic rings. The van der Waals surface area contributed by atoms with Gasteiger partial charge in [-0.3, -0.25) is 4.79 Å². The second kappa shape index (κ2) is 5.53. The topological polar surface area (TPSA) is 110 Å². The van der Waals surface area contributed by atoms with Gasteiger partial charge in [0, 0.05) is 11.3 Å². The quantitative estimate of drug-likeness (QED) is 0.748. The SMILES string of the molecule is Cc1cnc(CC(=O)Nc2cccc(-c3nn[nH]n3)c2)o1. The van der Waals surface area contributed by atoms with Crippen LogP contribution < -0.4 is 5.32 Å². The summed E-state index contributed by atoms with van der Waals surface area (Å²) in [4.78, 5) is 15.9. The summed E-state index contributed by atoms with van der Waals surface area (Å²) in [5.41, 5.74) is 1.40. The van der Waals surface area contributed by atoms with Crippen molar-refractivity contribution in [2.24, 2.45) is 0 Å². The smallest absolute Gasteiger partial charge is 0.233 e. The number of aryl methyl sites for hydroxylation is 1. The van der Waals surface area contributed by atoms with Crippen molar-refractivity contribution in [3.05, 3.63) is 42.1 Å². The fourth-order valence-corrected chi connectivity index (χ4v) is 1.85. The van der Waals surface area contributed by atoms with Crippen LogP contribution >= 0.6 is 0 Å². The lowest BCUT2D eigenvalue weighted by Crippen LogP contribution is -2.14. The molecule has 0 unspecified atom stereocenters. The first kappa shape index (κ1) is 13.0. The van der Waals surface area contributed by atoms with Crippen molar-refractivity contribution >= 4 is 11.6 Å². The van der Waals surface area contributed by atoms with Crippen LogP contribution in [0.15, 0.2) is 34.9 Å². The van der Waals surface area contributed by atoms with E-state index in [1.165, 1.54) is 0 Å². The van der Waals surface area contributed by atoms with Crippen LogP contribution in [0.3, 0.4) is 0 Å². The minimum atomic E-state index is -0.206. The molecular formula is C13H12N6O2. The van der Waals surface area contributed by atoms with Gasteiger partial charge in [-0.2, -0.15) is 5.21 Å². The maximum absolute atomic E-state index is 11.9. The van der Waals surface area contributed by atoms with Gasteiger partial charge in [0.25, 0.3) is 0 Å². The van der Waals surface area contributed by atoms with Gasteiger partial charge in [-0.15, -0.1) is 10.2 Å².